The van der Waals surface area contributed by atoms with Crippen molar-refractivity contribution in [1.29, 1.82) is 0 Å². The van der Waals surface area contributed by atoms with E-state index in [1.165, 1.54) is 0 Å². The Kier molecular flexibility index (Phi) is 3.93. The minimum absolute atomic E-state index is 0.338. The molecule has 1 aromatic carbocycles. The molecule has 2 rings (SSSR count). The second-order valence-corrected chi connectivity index (χ2v) is 5.03. The van der Waals surface area contributed by atoms with E-state index in [1.54, 1.807) is 0 Å². The number of nitrogens with zero attached hydrogens (tertiary/aromatic N) is 2. The molecule has 0 bridgehead atoms. The zero-order valence-electron chi connectivity index (χ0n) is 12.7. The van der Waals surface area contributed by atoms with Crippen LogP contribution in [-0.4, -0.2) is 22.1 Å². The molecular formula is C16H21N3O. The van der Waals surface area contributed by atoms with Crippen molar-refractivity contribution >= 4 is 5.82 Å². The first-order valence-electron chi connectivity index (χ1n) is 6.83. The van der Waals surface area contributed by atoms with Crippen molar-refractivity contribution in [3.63, 3.8) is 0 Å². The van der Waals surface area contributed by atoms with Crippen molar-refractivity contribution in [2.75, 3.05) is 12.4 Å². The Labute approximate surface area is 119 Å². The number of aryl methyl sites for hydroxylation is 3. The van der Waals surface area contributed by atoms with Gasteiger partial charge in [0.15, 0.2) is 5.82 Å². The second-order valence-electron chi connectivity index (χ2n) is 5.03. The lowest BCUT2D eigenvalue weighted by molar-refractivity contribution is 0.467. The summed E-state index contributed by atoms with van der Waals surface area (Å²) in [6.07, 6.45) is 0.867. The normalized spacial score (nSPS) is 10.7. The predicted octanol–water partition coefficient (Wildman–Crippen LogP) is 3.38. The van der Waals surface area contributed by atoms with Gasteiger partial charge in [0.1, 0.15) is 11.6 Å². The third-order valence-electron chi connectivity index (χ3n) is 3.57. The van der Waals surface area contributed by atoms with E-state index in [0.717, 1.165) is 40.2 Å². The summed E-state index contributed by atoms with van der Waals surface area (Å²) < 4.78 is 0. The fraction of sp³-hybridized carbons (Fsp3) is 0.375. The number of nitrogens with one attached hydrogen (secondary N) is 1. The summed E-state index contributed by atoms with van der Waals surface area (Å²) >= 11 is 0. The van der Waals surface area contributed by atoms with Gasteiger partial charge in [0.2, 0.25) is 0 Å². The van der Waals surface area contributed by atoms with E-state index in [9.17, 15) is 5.11 Å². The van der Waals surface area contributed by atoms with E-state index < -0.39 is 0 Å². The number of anilines is 1. The van der Waals surface area contributed by atoms with Gasteiger partial charge in [-0.3, -0.25) is 0 Å². The average molecular weight is 271 g/mol. The molecule has 4 heteroatoms. The number of hydrogen-bond donors (Lipinski definition) is 2. The molecule has 0 aliphatic heterocycles. The fourth-order valence-corrected chi connectivity index (χ4v) is 2.36. The SMILES string of the molecule is CCc1nc(-c2cc(C)c(O)c(C)c2)nc(NC)c1C. The third kappa shape index (κ3) is 2.46. The van der Waals surface area contributed by atoms with E-state index in [0.29, 0.717) is 11.6 Å². The molecule has 0 amide bonds. The highest BCUT2D eigenvalue weighted by atomic mass is 16.3. The second kappa shape index (κ2) is 5.49. The summed E-state index contributed by atoms with van der Waals surface area (Å²) in [5.74, 6) is 1.89. The Morgan fingerprint density at radius 1 is 1.10 bits per heavy atom. The highest BCUT2D eigenvalue weighted by molar-refractivity contribution is 5.63. The molecule has 0 atom stereocenters. The Morgan fingerprint density at radius 3 is 2.20 bits per heavy atom. The van der Waals surface area contributed by atoms with Gasteiger partial charge in [0.05, 0.1) is 0 Å². The quantitative estimate of drug-likeness (QED) is 0.898. The lowest BCUT2D eigenvalue weighted by Crippen LogP contribution is -2.05. The maximum Gasteiger partial charge on any atom is 0.161 e. The van der Waals surface area contributed by atoms with Crippen molar-refractivity contribution in [1.82, 2.24) is 9.97 Å². The van der Waals surface area contributed by atoms with Crippen LogP contribution in [0.15, 0.2) is 12.1 Å². The van der Waals surface area contributed by atoms with Gasteiger partial charge in [-0.25, -0.2) is 9.97 Å². The van der Waals surface area contributed by atoms with Crippen LogP contribution in [0.1, 0.15) is 29.3 Å². The van der Waals surface area contributed by atoms with Gasteiger partial charge in [-0.15, -0.1) is 0 Å². The highest BCUT2D eigenvalue weighted by Crippen LogP contribution is 2.29. The Bertz CT molecular complexity index is 602. The summed E-state index contributed by atoms with van der Waals surface area (Å²) in [5, 5.41) is 13.0. The molecule has 0 unspecified atom stereocenters. The van der Waals surface area contributed by atoms with Crippen LogP contribution in [0.2, 0.25) is 0 Å². The van der Waals surface area contributed by atoms with Crippen molar-refractivity contribution < 1.29 is 5.11 Å². The van der Waals surface area contributed by atoms with Crippen molar-refractivity contribution in [2.45, 2.75) is 34.1 Å². The predicted molar refractivity (Wildman–Crippen MR) is 82.3 cm³/mol. The Balaban J connectivity index is 2.63. The third-order valence-corrected chi connectivity index (χ3v) is 3.57. The van der Waals surface area contributed by atoms with Crippen molar-refractivity contribution in [2.24, 2.45) is 0 Å². The number of rotatable bonds is 3. The van der Waals surface area contributed by atoms with E-state index >= 15 is 0 Å². The molecule has 106 valence electrons. The number of aromatic nitrogens is 2. The number of benzene rings is 1. The van der Waals surface area contributed by atoms with Gasteiger partial charge in [-0.05, 0) is 50.5 Å². The fourth-order valence-electron chi connectivity index (χ4n) is 2.36. The summed E-state index contributed by atoms with van der Waals surface area (Å²) in [4.78, 5) is 9.23. The molecule has 0 saturated heterocycles. The summed E-state index contributed by atoms with van der Waals surface area (Å²) in [5.41, 5.74) is 4.75. The standard InChI is InChI=1S/C16H21N3O/c1-6-13-11(4)15(17-5)19-16(18-13)12-7-9(2)14(20)10(3)8-12/h7-8,20H,6H2,1-5H3,(H,17,18,19). The molecule has 4 nitrogen and oxygen atoms in total. The van der Waals surface area contributed by atoms with Gasteiger partial charge in [-0.2, -0.15) is 0 Å². The highest BCUT2D eigenvalue weighted by Gasteiger charge is 2.12. The van der Waals surface area contributed by atoms with Gasteiger partial charge < -0.3 is 10.4 Å². The molecule has 0 aliphatic carbocycles. The first-order chi connectivity index (χ1) is 9.47. The summed E-state index contributed by atoms with van der Waals surface area (Å²) in [7, 11) is 1.87. The first-order valence-corrected chi connectivity index (χ1v) is 6.83. The van der Waals surface area contributed by atoms with E-state index in [2.05, 4.69) is 22.2 Å². The summed E-state index contributed by atoms with van der Waals surface area (Å²) in [6, 6.07) is 3.84. The zero-order valence-corrected chi connectivity index (χ0v) is 12.7. The van der Waals surface area contributed by atoms with Crippen LogP contribution in [-0.2, 0) is 6.42 Å². The number of hydrogen-bond acceptors (Lipinski definition) is 4. The van der Waals surface area contributed by atoms with E-state index in [4.69, 9.17) is 0 Å². The largest absolute Gasteiger partial charge is 0.507 e. The van der Waals surface area contributed by atoms with Gasteiger partial charge in [0, 0.05) is 23.9 Å². The van der Waals surface area contributed by atoms with Crippen LogP contribution in [0, 0.1) is 20.8 Å². The molecule has 2 aromatic rings. The Hall–Kier alpha value is -2.10. The maximum absolute atomic E-state index is 9.87. The smallest absolute Gasteiger partial charge is 0.161 e. The van der Waals surface area contributed by atoms with Crippen LogP contribution in [0.4, 0.5) is 5.82 Å². The molecule has 0 spiro atoms. The molecule has 0 fully saturated rings. The molecule has 1 heterocycles. The topological polar surface area (TPSA) is 58.0 Å². The van der Waals surface area contributed by atoms with Crippen LogP contribution in [0.3, 0.4) is 0 Å². The van der Waals surface area contributed by atoms with Crippen LogP contribution in [0.5, 0.6) is 5.75 Å². The molecule has 0 saturated carbocycles. The molecule has 1 aromatic heterocycles. The maximum atomic E-state index is 9.87. The van der Waals surface area contributed by atoms with Gasteiger partial charge >= 0.3 is 0 Å². The van der Waals surface area contributed by atoms with Crippen LogP contribution >= 0.6 is 0 Å². The molecular weight excluding hydrogens is 250 g/mol. The molecule has 2 N–H and O–H groups in total. The molecule has 0 radical (unpaired) electrons. The summed E-state index contributed by atoms with van der Waals surface area (Å²) in [6.45, 7) is 7.90. The zero-order chi connectivity index (χ0) is 14.9. The monoisotopic (exact) mass is 271 g/mol. The van der Waals surface area contributed by atoms with Crippen molar-refractivity contribution in [3.8, 4) is 17.1 Å². The van der Waals surface area contributed by atoms with Crippen molar-refractivity contribution in [3.05, 3.63) is 34.5 Å². The number of phenolic OH excluding ortho intramolecular Hbond substituents is 1. The van der Waals surface area contributed by atoms with Crippen LogP contribution < -0.4 is 5.32 Å². The average Bonchev–Trinajstić information content (AvgIpc) is 2.44. The molecule has 20 heavy (non-hydrogen) atoms. The number of aromatic hydroxyl groups is 1. The first kappa shape index (κ1) is 14.3. The van der Waals surface area contributed by atoms with E-state index in [1.807, 2.05) is 40.0 Å². The van der Waals surface area contributed by atoms with E-state index in [-0.39, 0.29) is 0 Å². The number of phenols is 1. The molecule has 0 aliphatic rings. The minimum Gasteiger partial charge on any atom is -0.507 e. The Morgan fingerprint density at radius 2 is 1.70 bits per heavy atom. The lowest BCUT2D eigenvalue weighted by atomic mass is 10.0. The van der Waals surface area contributed by atoms with Gasteiger partial charge in [-0.1, -0.05) is 6.92 Å². The van der Waals surface area contributed by atoms with Crippen LogP contribution in [0.25, 0.3) is 11.4 Å². The van der Waals surface area contributed by atoms with Gasteiger partial charge in [0.25, 0.3) is 0 Å². The lowest BCUT2D eigenvalue weighted by Gasteiger charge is -2.12. The minimum atomic E-state index is 0.338.